The molecule has 1 aliphatic rings. The van der Waals surface area contributed by atoms with Gasteiger partial charge in [-0.3, -0.25) is 4.90 Å². The van der Waals surface area contributed by atoms with Crippen molar-refractivity contribution in [2.45, 2.75) is 38.3 Å². The van der Waals surface area contributed by atoms with E-state index in [1.807, 2.05) is 6.92 Å². The van der Waals surface area contributed by atoms with Crippen LogP contribution in [-0.2, 0) is 6.54 Å². The van der Waals surface area contributed by atoms with E-state index in [9.17, 15) is 5.11 Å². The molecule has 104 valence electrons. The van der Waals surface area contributed by atoms with Crippen LogP contribution in [0.1, 0.15) is 35.9 Å². The summed E-state index contributed by atoms with van der Waals surface area (Å²) in [6.07, 6.45) is 2.83. The summed E-state index contributed by atoms with van der Waals surface area (Å²) in [4.78, 5) is 4.85. The van der Waals surface area contributed by atoms with Gasteiger partial charge in [0.05, 0.1) is 17.0 Å². The molecular formula is C15H22N2OS. The first-order chi connectivity index (χ1) is 9.09. The quantitative estimate of drug-likeness (QED) is 0.811. The fourth-order valence-corrected chi connectivity index (χ4v) is 3.29. The van der Waals surface area contributed by atoms with Gasteiger partial charge in [0.25, 0.3) is 0 Å². The first kappa shape index (κ1) is 14.5. The number of aliphatic hydroxyl groups is 1. The van der Waals surface area contributed by atoms with Crippen LogP contribution in [-0.4, -0.2) is 35.2 Å². The van der Waals surface area contributed by atoms with Crippen LogP contribution in [0.15, 0.2) is 12.1 Å². The van der Waals surface area contributed by atoms with Gasteiger partial charge in [0, 0.05) is 18.0 Å². The second-order valence-corrected chi connectivity index (χ2v) is 6.57. The molecule has 1 fully saturated rings. The van der Waals surface area contributed by atoms with Crippen molar-refractivity contribution in [1.29, 1.82) is 0 Å². The summed E-state index contributed by atoms with van der Waals surface area (Å²) in [5.74, 6) is 5.96. The Labute approximate surface area is 119 Å². The molecule has 3 N–H and O–H groups in total. The lowest BCUT2D eigenvalue weighted by Gasteiger charge is -2.21. The number of rotatable bonds is 2. The normalized spacial score (nSPS) is 24.6. The van der Waals surface area contributed by atoms with Crippen LogP contribution in [0.5, 0.6) is 0 Å². The molecule has 1 aliphatic heterocycles. The minimum absolute atomic E-state index is 0.411. The van der Waals surface area contributed by atoms with Gasteiger partial charge < -0.3 is 10.8 Å². The molecule has 4 heteroatoms. The maximum absolute atomic E-state index is 10.1. The standard InChI is InChI=1S/C15H22N2OS/c1-15(18)7-3-10-17(11-8-15)12-14-6-5-13(19-14)4-2-9-16/h5-6,18H,3,7-12,16H2,1H3. The van der Waals surface area contributed by atoms with E-state index in [0.717, 1.165) is 43.8 Å². The van der Waals surface area contributed by atoms with Crippen molar-refractivity contribution in [3.63, 3.8) is 0 Å². The van der Waals surface area contributed by atoms with Gasteiger partial charge in [0.15, 0.2) is 0 Å². The molecule has 1 aromatic heterocycles. The average molecular weight is 278 g/mol. The molecule has 1 atom stereocenters. The van der Waals surface area contributed by atoms with Crippen molar-refractivity contribution in [3.8, 4) is 11.8 Å². The predicted molar refractivity (Wildman–Crippen MR) is 80.0 cm³/mol. The molecule has 0 radical (unpaired) electrons. The summed E-state index contributed by atoms with van der Waals surface area (Å²) in [6.45, 7) is 5.36. The van der Waals surface area contributed by atoms with Crippen LogP contribution < -0.4 is 5.73 Å². The van der Waals surface area contributed by atoms with Crippen LogP contribution in [0.4, 0.5) is 0 Å². The first-order valence-electron chi connectivity index (χ1n) is 6.81. The average Bonchev–Trinajstić information content (AvgIpc) is 2.73. The summed E-state index contributed by atoms with van der Waals surface area (Å²) in [6, 6.07) is 4.21. The van der Waals surface area contributed by atoms with E-state index in [1.54, 1.807) is 11.3 Å². The Morgan fingerprint density at radius 3 is 3.05 bits per heavy atom. The Morgan fingerprint density at radius 1 is 1.42 bits per heavy atom. The lowest BCUT2D eigenvalue weighted by molar-refractivity contribution is 0.0444. The maximum Gasteiger partial charge on any atom is 0.0772 e. The fraction of sp³-hybridized carbons (Fsp3) is 0.600. The number of likely N-dealkylation sites (tertiary alicyclic amines) is 1. The molecule has 0 spiro atoms. The summed E-state index contributed by atoms with van der Waals surface area (Å²) >= 11 is 1.74. The highest BCUT2D eigenvalue weighted by Crippen LogP contribution is 2.24. The number of nitrogens with zero attached hydrogens (tertiary/aromatic N) is 1. The summed E-state index contributed by atoms with van der Waals surface area (Å²) < 4.78 is 0. The molecule has 19 heavy (non-hydrogen) atoms. The van der Waals surface area contributed by atoms with Gasteiger partial charge in [0.2, 0.25) is 0 Å². The molecule has 0 amide bonds. The van der Waals surface area contributed by atoms with Gasteiger partial charge in [-0.15, -0.1) is 11.3 Å². The monoisotopic (exact) mass is 278 g/mol. The van der Waals surface area contributed by atoms with E-state index in [-0.39, 0.29) is 0 Å². The van der Waals surface area contributed by atoms with Crippen molar-refractivity contribution in [1.82, 2.24) is 4.90 Å². The third kappa shape index (κ3) is 4.63. The molecule has 2 rings (SSSR count). The highest BCUT2D eigenvalue weighted by molar-refractivity contribution is 7.12. The lowest BCUT2D eigenvalue weighted by Crippen LogP contribution is -2.27. The zero-order valence-electron chi connectivity index (χ0n) is 11.5. The van der Waals surface area contributed by atoms with Crippen molar-refractivity contribution in [2.24, 2.45) is 5.73 Å². The molecule has 0 bridgehead atoms. The lowest BCUT2D eigenvalue weighted by atomic mass is 9.98. The Hall–Kier alpha value is -0.860. The van der Waals surface area contributed by atoms with Crippen LogP contribution in [0, 0.1) is 11.8 Å². The molecule has 3 nitrogen and oxygen atoms in total. The van der Waals surface area contributed by atoms with E-state index < -0.39 is 5.60 Å². The highest BCUT2D eigenvalue weighted by Gasteiger charge is 2.24. The second kappa shape index (κ2) is 6.53. The molecule has 0 aromatic carbocycles. The molecule has 0 saturated carbocycles. The summed E-state index contributed by atoms with van der Waals surface area (Å²) in [5, 5.41) is 10.1. The van der Waals surface area contributed by atoms with Crippen LogP contribution in [0.2, 0.25) is 0 Å². The molecule has 1 aromatic rings. The molecule has 1 saturated heterocycles. The van der Waals surface area contributed by atoms with Crippen LogP contribution in [0.3, 0.4) is 0 Å². The van der Waals surface area contributed by atoms with E-state index in [0.29, 0.717) is 6.54 Å². The van der Waals surface area contributed by atoms with E-state index in [2.05, 4.69) is 28.9 Å². The molecule has 0 aliphatic carbocycles. The van der Waals surface area contributed by atoms with Gasteiger partial charge >= 0.3 is 0 Å². The van der Waals surface area contributed by atoms with Crippen molar-refractivity contribution in [2.75, 3.05) is 19.6 Å². The number of nitrogens with two attached hydrogens (primary N) is 1. The van der Waals surface area contributed by atoms with E-state index in [1.165, 1.54) is 4.88 Å². The Kier molecular flexibility index (Phi) is 5.00. The number of hydrogen-bond acceptors (Lipinski definition) is 4. The molecule has 1 unspecified atom stereocenters. The highest BCUT2D eigenvalue weighted by atomic mass is 32.1. The molecular weight excluding hydrogens is 256 g/mol. The van der Waals surface area contributed by atoms with Gasteiger partial charge in [-0.05, 0) is 44.9 Å². The van der Waals surface area contributed by atoms with Gasteiger partial charge in [-0.25, -0.2) is 0 Å². The third-order valence-electron chi connectivity index (χ3n) is 3.51. The van der Waals surface area contributed by atoms with Gasteiger partial charge in [-0.1, -0.05) is 11.8 Å². The first-order valence-corrected chi connectivity index (χ1v) is 7.63. The zero-order chi connectivity index (χ0) is 13.7. The predicted octanol–water partition coefficient (Wildman–Crippen LogP) is 1.80. The van der Waals surface area contributed by atoms with Crippen molar-refractivity contribution < 1.29 is 5.11 Å². The van der Waals surface area contributed by atoms with Crippen molar-refractivity contribution >= 4 is 11.3 Å². The van der Waals surface area contributed by atoms with Crippen LogP contribution >= 0.6 is 11.3 Å². The van der Waals surface area contributed by atoms with Crippen LogP contribution in [0.25, 0.3) is 0 Å². The SMILES string of the molecule is CC1(O)CCCN(Cc2ccc(C#CCN)s2)CC1. The zero-order valence-corrected chi connectivity index (χ0v) is 12.3. The van der Waals surface area contributed by atoms with E-state index in [4.69, 9.17) is 5.73 Å². The van der Waals surface area contributed by atoms with Gasteiger partial charge in [-0.2, -0.15) is 0 Å². The minimum Gasteiger partial charge on any atom is -0.390 e. The smallest absolute Gasteiger partial charge is 0.0772 e. The largest absolute Gasteiger partial charge is 0.390 e. The second-order valence-electron chi connectivity index (χ2n) is 5.40. The Bertz CT molecular complexity index is 470. The number of hydrogen-bond donors (Lipinski definition) is 2. The van der Waals surface area contributed by atoms with Crippen molar-refractivity contribution in [3.05, 3.63) is 21.9 Å². The minimum atomic E-state index is -0.484. The van der Waals surface area contributed by atoms with E-state index >= 15 is 0 Å². The third-order valence-corrected chi connectivity index (χ3v) is 4.50. The molecule has 2 heterocycles. The maximum atomic E-state index is 10.1. The number of thiophene rings is 1. The Morgan fingerprint density at radius 2 is 2.26 bits per heavy atom. The topological polar surface area (TPSA) is 49.5 Å². The Balaban J connectivity index is 1.92. The van der Waals surface area contributed by atoms with Gasteiger partial charge in [0.1, 0.15) is 0 Å². The fourth-order valence-electron chi connectivity index (χ4n) is 2.37. The summed E-state index contributed by atoms with van der Waals surface area (Å²) in [7, 11) is 0. The summed E-state index contributed by atoms with van der Waals surface area (Å²) in [5.41, 5.74) is 4.89.